The zero-order chi connectivity index (χ0) is 19.4. The fourth-order valence-corrected chi connectivity index (χ4v) is 3.73. The number of nitrogens with zero attached hydrogens (tertiary/aromatic N) is 2. The lowest BCUT2D eigenvalue weighted by atomic mass is 9.75. The molecule has 5 nitrogen and oxygen atoms in total. The Morgan fingerprint density at radius 2 is 2.00 bits per heavy atom. The maximum Gasteiger partial charge on any atom is 0.321 e. The van der Waals surface area contributed by atoms with Crippen LogP contribution in [0.5, 0.6) is 0 Å². The third-order valence-electron chi connectivity index (χ3n) is 5.10. The standard InChI is InChI=1S/C21H26FN3O2/c1-24(2)14-17-15-25(20(26)23-19-10-6-9-18(22)13-19)12-11-21(17,27)16-7-4-3-5-8-16/h3-10,13,17,27H,11-12,14-15H2,1-2H3,(H,23,26). The van der Waals surface area contributed by atoms with E-state index in [0.717, 1.165) is 5.56 Å². The van der Waals surface area contributed by atoms with Crippen LogP contribution in [0.25, 0.3) is 0 Å². The summed E-state index contributed by atoms with van der Waals surface area (Å²) in [4.78, 5) is 16.4. The van der Waals surface area contributed by atoms with Gasteiger partial charge in [-0.1, -0.05) is 36.4 Å². The van der Waals surface area contributed by atoms with Crippen LogP contribution in [0.15, 0.2) is 54.6 Å². The van der Waals surface area contributed by atoms with E-state index in [0.29, 0.717) is 31.7 Å². The van der Waals surface area contributed by atoms with E-state index in [9.17, 15) is 14.3 Å². The number of hydrogen-bond acceptors (Lipinski definition) is 3. The number of halogens is 1. The van der Waals surface area contributed by atoms with Crippen molar-refractivity contribution in [1.82, 2.24) is 9.80 Å². The molecule has 2 N–H and O–H groups in total. The molecule has 0 aliphatic carbocycles. The number of rotatable bonds is 4. The molecule has 6 heteroatoms. The largest absolute Gasteiger partial charge is 0.385 e. The molecule has 1 fully saturated rings. The average molecular weight is 371 g/mol. The number of anilines is 1. The number of urea groups is 1. The summed E-state index contributed by atoms with van der Waals surface area (Å²) in [5, 5.41) is 14.2. The second kappa shape index (κ2) is 8.06. The van der Waals surface area contributed by atoms with E-state index < -0.39 is 11.4 Å². The summed E-state index contributed by atoms with van der Waals surface area (Å²) in [6.07, 6.45) is 0.450. The van der Waals surface area contributed by atoms with Gasteiger partial charge in [0.15, 0.2) is 0 Å². The number of carbonyl (C=O) groups is 1. The first-order valence-corrected chi connectivity index (χ1v) is 9.12. The lowest BCUT2D eigenvalue weighted by Crippen LogP contribution is -2.55. The van der Waals surface area contributed by atoms with Gasteiger partial charge in [-0.15, -0.1) is 0 Å². The van der Waals surface area contributed by atoms with E-state index in [4.69, 9.17) is 0 Å². The highest BCUT2D eigenvalue weighted by Crippen LogP contribution is 2.38. The second-order valence-electron chi connectivity index (χ2n) is 7.39. The third kappa shape index (κ3) is 4.46. The first-order valence-electron chi connectivity index (χ1n) is 9.12. The number of aliphatic hydroxyl groups is 1. The normalized spacial score (nSPS) is 22.7. The Hall–Kier alpha value is -2.44. The van der Waals surface area contributed by atoms with Crippen molar-refractivity contribution in [2.45, 2.75) is 12.0 Å². The van der Waals surface area contributed by atoms with E-state index >= 15 is 0 Å². The molecular formula is C21H26FN3O2. The average Bonchev–Trinajstić information content (AvgIpc) is 2.64. The lowest BCUT2D eigenvalue weighted by molar-refractivity contribution is -0.0749. The molecule has 1 aliphatic heterocycles. The van der Waals surface area contributed by atoms with Gasteiger partial charge in [0.05, 0.1) is 5.60 Å². The van der Waals surface area contributed by atoms with Crippen LogP contribution < -0.4 is 5.32 Å². The summed E-state index contributed by atoms with van der Waals surface area (Å²) in [6, 6.07) is 15.2. The highest BCUT2D eigenvalue weighted by Gasteiger charge is 2.44. The molecule has 2 atom stereocenters. The van der Waals surface area contributed by atoms with Crippen molar-refractivity contribution in [3.05, 3.63) is 66.0 Å². The van der Waals surface area contributed by atoms with E-state index in [1.54, 1.807) is 17.0 Å². The molecule has 0 radical (unpaired) electrons. The van der Waals surface area contributed by atoms with Gasteiger partial charge in [-0.3, -0.25) is 0 Å². The van der Waals surface area contributed by atoms with Crippen LogP contribution in [0.3, 0.4) is 0 Å². The number of likely N-dealkylation sites (tertiary alicyclic amines) is 1. The maximum atomic E-state index is 13.4. The van der Waals surface area contributed by atoms with Crippen LogP contribution in [0.1, 0.15) is 12.0 Å². The predicted octanol–water partition coefficient (Wildman–Crippen LogP) is 3.13. The smallest absolute Gasteiger partial charge is 0.321 e. The van der Waals surface area contributed by atoms with Crippen molar-refractivity contribution in [2.75, 3.05) is 39.0 Å². The minimum absolute atomic E-state index is 0.137. The Morgan fingerprint density at radius 1 is 1.26 bits per heavy atom. The quantitative estimate of drug-likeness (QED) is 0.868. The summed E-state index contributed by atoms with van der Waals surface area (Å²) in [5.41, 5.74) is 0.316. The maximum absolute atomic E-state index is 13.4. The molecule has 0 spiro atoms. The summed E-state index contributed by atoms with van der Waals surface area (Å²) in [7, 11) is 3.91. The molecule has 1 aliphatic rings. The van der Waals surface area contributed by atoms with Gasteiger partial charge in [-0.05, 0) is 44.3 Å². The minimum atomic E-state index is -0.985. The molecule has 0 aromatic heterocycles. The molecule has 2 aromatic rings. The van der Waals surface area contributed by atoms with E-state index in [1.807, 2.05) is 49.3 Å². The molecule has 2 unspecified atom stereocenters. The van der Waals surface area contributed by atoms with Gasteiger partial charge < -0.3 is 20.2 Å². The van der Waals surface area contributed by atoms with Crippen LogP contribution in [0.4, 0.5) is 14.9 Å². The van der Waals surface area contributed by atoms with Crippen LogP contribution in [-0.2, 0) is 5.60 Å². The van der Waals surface area contributed by atoms with Gasteiger partial charge in [0.1, 0.15) is 5.82 Å². The summed E-state index contributed by atoms with van der Waals surface area (Å²) < 4.78 is 13.4. The Balaban J connectivity index is 1.76. The van der Waals surface area contributed by atoms with Gasteiger partial charge in [0, 0.05) is 31.2 Å². The molecule has 2 aromatic carbocycles. The molecule has 27 heavy (non-hydrogen) atoms. The zero-order valence-corrected chi connectivity index (χ0v) is 15.7. The molecule has 3 rings (SSSR count). The highest BCUT2D eigenvalue weighted by atomic mass is 19.1. The number of amides is 2. The van der Waals surface area contributed by atoms with Gasteiger partial charge >= 0.3 is 6.03 Å². The highest BCUT2D eigenvalue weighted by molar-refractivity contribution is 5.89. The molecular weight excluding hydrogens is 345 g/mol. The monoisotopic (exact) mass is 371 g/mol. The summed E-state index contributed by atoms with van der Waals surface area (Å²) in [5.74, 6) is -0.530. The number of carbonyl (C=O) groups excluding carboxylic acids is 1. The fourth-order valence-electron chi connectivity index (χ4n) is 3.73. The molecule has 144 valence electrons. The van der Waals surface area contributed by atoms with Gasteiger partial charge in [-0.2, -0.15) is 0 Å². The van der Waals surface area contributed by atoms with Crippen molar-refractivity contribution in [2.24, 2.45) is 5.92 Å². The van der Waals surface area contributed by atoms with Crippen molar-refractivity contribution in [1.29, 1.82) is 0 Å². The van der Waals surface area contributed by atoms with Crippen molar-refractivity contribution < 1.29 is 14.3 Å². The van der Waals surface area contributed by atoms with Crippen LogP contribution in [0, 0.1) is 11.7 Å². The third-order valence-corrected chi connectivity index (χ3v) is 5.10. The second-order valence-corrected chi connectivity index (χ2v) is 7.39. The molecule has 0 saturated carbocycles. The molecule has 0 bridgehead atoms. The van der Waals surface area contributed by atoms with Crippen LogP contribution in [0.2, 0.25) is 0 Å². The Kier molecular flexibility index (Phi) is 5.77. The number of hydrogen-bond donors (Lipinski definition) is 2. The van der Waals surface area contributed by atoms with Crippen molar-refractivity contribution in [3.8, 4) is 0 Å². The van der Waals surface area contributed by atoms with E-state index in [1.165, 1.54) is 12.1 Å². The predicted molar refractivity (Wildman–Crippen MR) is 104 cm³/mol. The number of piperidine rings is 1. The zero-order valence-electron chi connectivity index (χ0n) is 15.7. The van der Waals surface area contributed by atoms with Gasteiger partial charge in [0.2, 0.25) is 0 Å². The Bertz CT molecular complexity index is 784. The van der Waals surface area contributed by atoms with Gasteiger partial charge in [-0.25, -0.2) is 9.18 Å². The van der Waals surface area contributed by atoms with E-state index in [-0.39, 0.29) is 11.9 Å². The van der Waals surface area contributed by atoms with Crippen LogP contribution >= 0.6 is 0 Å². The first kappa shape index (κ1) is 19.3. The fraction of sp³-hybridized carbons (Fsp3) is 0.381. The van der Waals surface area contributed by atoms with Crippen molar-refractivity contribution >= 4 is 11.7 Å². The number of nitrogens with one attached hydrogen (secondary N) is 1. The van der Waals surface area contributed by atoms with Gasteiger partial charge in [0.25, 0.3) is 0 Å². The minimum Gasteiger partial charge on any atom is -0.385 e. The van der Waals surface area contributed by atoms with Crippen molar-refractivity contribution in [3.63, 3.8) is 0 Å². The SMILES string of the molecule is CN(C)CC1CN(C(=O)Nc2cccc(F)c2)CCC1(O)c1ccccc1. The summed E-state index contributed by atoms with van der Waals surface area (Å²) >= 11 is 0. The topological polar surface area (TPSA) is 55.8 Å². The molecule has 1 heterocycles. The molecule has 1 saturated heterocycles. The lowest BCUT2D eigenvalue weighted by Gasteiger charge is -2.45. The Morgan fingerprint density at radius 3 is 2.67 bits per heavy atom. The molecule has 2 amide bonds. The Labute approximate surface area is 159 Å². The van der Waals surface area contributed by atoms with E-state index in [2.05, 4.69) is 5.32 Å². The first-order chi connectivity index (χ1) is 12.9. The van der Waals surface area contributed by atoms with Crippen LogP contribution in [-0.4, -0.2) is 54.7 Å². The summed E-state index contributed by atoms with van der Waals surface area (Å²) in [6.45, 7) is 1.50. The number of benzene rings is 2.